The summed E-state index contributed by atoms with van der Waals surface area (Å²) >= 11 is 0. The van der Waals surface area contributed by atoms with Crippen molar-refractivity contribution in [2.75, 3.05) is 11.9 Å². The zero-order chi connectivity index (χ0) is 12.4. The summed E-state index contributed by atoms with van der Waals surface area (Å²) < 4.78 is 0. The largest absolute Gasteiger partial charge is 0.326 e. The zero-order valence-corrected chi connectivity index (χ0v) is 9.30. The van der Waals surface area contributed by atoms with Gasteiger partial charge in [0.2, 0.25) is 5.91 Å². The van der Waals surface area contributed by atoms with Gasteiger partial charge in [0.1, 0.15) is 6.17 Å². The molecule has 1 aromatic carbocycles. The number of nitrogens with zero attached hydrogens (tertiary/aromatic N) is 1. The molecule has 0 radical (unpaired) electrons. The van der Waals surface area contributed by atoms with Gasteiger partial charge in [0, 0.05) is 12.6 Å². The molecule has 0 spiro atoms. The van der Waals surface area contributed by atoms with Crippen molar-refractivity contribution in [3.8, 4) is 0 Å². The molecule has 6 heteroatoms. The fourth-order valence-electron chi connectivity index (χ4n) is 1.71. The molecule has 0 aromatic heterocycles. The van der Waals surface area contributed by atoms with E-state index < -0.39 is 6.17 Å². The maximum atomic E-state index is 11.1. The van der Waals surface area contributed by atoms with Gasteiger partial charge < -0.3 is 5.32 Å². The lowest BCUT2D eigenvalue weighted by Gasteiger charge is -2.17. The Bertz CT molecular complexity index is 444. The molecule has 2 rings (SSSR count). The van der Waals surface area contributed by atoms with Crippen LogP contribution in [-0.4, -0.2) is 28.6 Å². The Balaban J connectivity index is 2.13. The number of anilines is 1. The molecule has 0 unspecified atom stereocenters. The first-order chi connectivity index (χ1) is 8.08. The third kappa shape index (κ3) is 2.43. The summed E-state index contributed by atoms with van der Waals surface area (Å²) in [6.45, 7) is 1.55. The van der Waals surface area contributed by atoms with Crippen LogP contribution in [0.3, 0.4) is 0 Å². The van der Waals surface area contributed by atoms with Gasteiger partial charge in [0.05, 0.1) is 6.54 Å². The minimum atomic E-state index is -0.520. The van der Waals surface area contributed by atoms with Crippen LogP contribution in [0.5, 0.6) is 0 Å². The van der Waals surface area contributed by atoms with Crippen molar-refractivity contribution in [3.05, 3.63) is 29.8 Å². The highest BCUT2D eigenvalue weighted by Crippen LogP contribution is 2.21. The standard InChI is InChI=1S/C11H13N3O3/c1-7(15)13-9-4-2-8(3-5-9)11-12-6-10(16)14(11)17/h2-5,11-12,17H,6H2,1H3,(H,13,15)/t11-/m0/s1. The highest BCUT2D eigenvalue weighted by atomic mass is 16.5. The van der Waals surface area contributed by atoms with Gasteiger partial charge in [-0.25, -0.2) is 5.06 Å². The van der Waals surface area contributed by atoms with E-state index in [1.807, 2.05) is 0 Å². The highest BCUT2D eigenvalue weighted by Gasteiger charge is 2.30. The van der Waals surface area contributed by atoms with Crippen LogP contribution in [0.25, 0.3) is 0 Å². The fraction of sp³-hybridized carbons (Fsp3) is 0.273. The normalized spacial score (nSPS) is 19.5. The minimum Gasteiger partial charge on any atom is -0.326 e. The molecule has 90 valence electrons. The number of amides is 2. The van der Waals surface area contributed by atoms with Crippen LogP contribution in [-0.2, 0) is 9.59 Å². The van der Waals surface area contributed by atoms with E-state index in [9.17, 15) is 14.8 Å². The molecule has 0 bridgehead atoms. The first kappa shape index (κ1) is 11.6. The Morgan fingerprint density at radius 3 is 2.59 bits per heavy atom. The van der Waals surface area contributed by atoms with Gasteiger partial charge in [-0.15, -0.1) is 0 Å². The second-order valence-corrected chi connectivity index (χ2v) is 3.82. The van der Waals surface area contributed by atoms with Crippen molar-refractivity contribution in [2.45, 2.75) is 13.1 Å². The van der Waals surface area contributed by atoms with E-state index in [4.69, 9.17) is 0 Å². The topological polar surface area (TPSA) is 81.7 Å². The van der Waals surface area contributed by atoms with Crippen LogP contribution in [0.4, 0.5) is 5.69 Å². The molecule has 0 saturated carbocycles. The summed E-state index contributed by atoms with van der Waals surface area (Å²) in [5, 5.41) is 15.7. The van der Waals surface area contributed by atoms with Crippen LogP contribution in [0.1, 0.15) is 18.7 Å². The zero-order valence-electron chi connectivity index (χ0n) is 9.30. The number of carbonyl (C=O) groups is 2. The van der Waals surface area contributed by atoms with Gasteiger partial charge in [-0.3, -0.25) is 20.1 Å². The molecule has 6 nitrogen and oxygen atoms in total. The van der Waals surface area contributed by atoms with Crippen LogP contribution in [0.15, 0.2) is 24.3 Å². The third-order valence-corrected chi connectivity index (χ3v) is 2.49. The molecule has 2 amide bonds. The number of hydrogen-bond donors (Lipinski definition) is 3. The summed E-state index contributed by atoms with van der Waals surface area (Å²) in [6, 6.07) is 6.92. The van der Waals surface area contributed by atoms with Crippen molar-refractivity contribution in [2.24, 2.45) is 0 Å². The predicted octanol–water partition coefficient (Wildman–Crippen LogP) is 0.465. The molecule has 1 aliphatic heterocycles. The molecule has 3 N–H and O–H groups in total. The molecule has 1 fully saturated rings. The first-order valence-corrected chi connectivity index (χ1v) is 5.20. The fourth-order valence-corrected chi connectivity index (χ4v) is 1.71. The summed E-state index contributed by atoms with van der Waals surface area (Å²) in [5.74, 6) is -0.503. The van der Waals surface area contributed by atoms with Crippen LogP contribution < -0.4 is 10.6 Å². The number of nitrogens with one attached hydrogen (secondary N) is 2. The second-order valence-electron chi connectivity index (χ2n) is 3.82. The van der Waals surface area contributed by atoms with E-state index in [1.165, 1.54) is 6.92 Å². The lowest BCUT2D eigenvalue weighted by molar-refractivity contribution is -0.165. The van der Waals surface area contributed by atoms with Crippen LogP contribution >= 0.6 is 0 Å². The maximum absolute atomic E-state index is 11.1. The third-order valence-electron chi connectivity index (χ3n) is 2.49. The smallest absolute Gasteiger partial charge is 0.261 e. The van der Waals surface area contributed by atoms with E-state index in [0.717, 1.165) is 5.56 Å². The molecular weight excluding hydrogens is 222 g/mol. The number of carbonyl (C=O) groups excluding carboxylic acids is 2. The summed E-state index contributed by atoms with van der Waals surface area (Å²) in [4.78, 5) is 22.0. The van der Waals surface area contributed by atoms with Crippen molar-refractivity contribution in [1.29, 1.82) is 0 Å². The van der Waals surface area contributed by atoms with Gasteiger partial charge >= 0.3 is 0 Å². The molecule has 1 saturated heterocycles. The van der Waals surface area contributed by atoms with Crippen molar-refractivity contribution in [1.82, 2.24) is 10.4 Å². The van der Waals surface area contributed by atoms with E-state index >= 15 is 0 Å². The summed E-state index contributed by atoms with van der Waals surface area (Å²) in [7, 11) is 0. The molecule has 1 aliphatic rings. The molecule has 1 atom stereocenters. The number of benzene rings is 1. The van der Waals surface area contributed by atoms with Crippen molar-refractivity contribution < 1.29 is 14.8 Å². The van der Waals surface area contributed by atoms with E-state index in [2.05, 4.69) is 10.6 Å². The Hall–Kier alpha value is -1.92. The summed E-state index contributed by atoms with van der Waals surface area (Å²) in [6.07, 6.45) is -0.520. The number of hydrogen-bond acceptors (Lipinski definition) is 4. The SMILES string of the molecule is CC(=O)Nc1ccc([C@H]2NCC(=O)N2O)cc1. The lowest BCUT2D eigenvalue weighted by Crippen LogP contribution is -2.26. The Morgan fingerprint density at radius 1 is 1.47 bits per heavy atom. The van der Waals surface area contributed by atoms with Crippen LogP contribution in [0, 0.1) is 0 Å². The minimum absolute atomic E-state index is 0.120. The monoisotopic (exact) mass is 235 g/mol. The van der Waals surface area contributed by atoms with E-state index in [1.54, 1.807) is 24.3 Å². The van der Waals surface area contributed by atoms with E-state index in [-0.39, 0.29) is 18.4 Å². The van der Waals surface area contributed by atoms with Crippen molar-refractivity contribution in [3.63, 3.8) is 0 Å². The van der Waals surface area contributed by atoms with Gasteiger partial charge in [-0.2, -0.15) is 0 Å². The molecular formula is C11H13N3O3. The molecule has 17 heavy (non-hydrogen) atoms. The Kier molecular flexibility index (Phi) is 3.08. The Morgan fingerprint density at radius 2 is 2.12 bits per heavy atom. The quantitative estimate of drug-likeness (QED) is 0.651. The van der Waals surface area contributed by atoms with Crippen LogP contribution in [0.2, 0.25) is 0 Å². The highest BCUT2D eigenvalue weighted by molar-refractivity contribution is 5.88. The van der Waals surface area contributed by atoms with Gasteiger partial charge in [-0.05, 0) is 17.7 Å². The Labute approximate surface area is 98.2 Å². The maximum Gasteiger partial charge on any atom is 0.261 e. The molecule has 0 aliphatic carbocycles. The number of rotatable bonds is 2. The second kappa shape index (κ2) is 4.52. The summed E-state index contributed by atoms with van der Waals surface area (Å²) in [5.41, 5.74) is 1.43. The lowest BCUT2D eigenvalue weighted by atomic mass is 10.1. The first-order valence-electron chi connectivity index (χ1n) is 5.20. The average Bonchev–Trinajstić information content (AvgIpc) is 2.60. The van der Waals surface area contributed by atoms with E-state index in [0.29, 0.717) is 10.8 Å². The van der Waals surface area contributed by atoms with Gasteiger partial charge in [-0.1, -0.05) is 12.1 Å². The molecule has 1 aromatic rings. The van der Waals surface area contributed by atoms with Crippen molar-refractivity contribution >= 4 is 17.5 Å². The predicted molar refractivity (Wildman–Crippen MR) is 60.1 cm³/mol. The number of hydroxylamine groups is 2. The molecule has 1 heterocycles. The van der Waals surface area contributed by atoms with Gasteiger partial charge in [0.25, 0.3) is 5.91 Å². The average molecular weight is 235 g/mol. The van der Waals surface area contributed by atoms with Gasteiger partial charge in [0.15, 0.2) is 0 Å².